The van der Waals surface area contributed by atoms with E-state index < -0.39 is 0 Å². The highest BCUT2D eigenvalue weighted by atomic mass is 16.5. The van der Waals surface area contributed by atoms with Crippen LogP contribution in [0.5, 0.6) is 5.75 Å². The summed E-state index contributed by atoms with van der Waals surface area (Å²) in [6.45, 7) is 2.93. The minimum Gasteiger partial charge on any atom is -0.491 e. The maximum Gasteiger partial charge on any atom is 0.144 e. The molecule has 0 amide bonds. The van der Waals surface area contributed by atoms with Crippen molar-refractivity contribution in [2.24, 2.45) is 0 Å². The molecule has 0 aliphatic rings. The van der Waals surface area contributed by atoms with Crippen molar-refractivity contribution < 1.29 is 4.74 Å². The fraction of sp³-hybridized carbons (Fsp3) is 0.538. The zero-order valence-corrected chi connectivity index (χ0v) is 10.5. The highest BCUT2D eigenvalue weighted by Crippen LogP contribution is 2.26. The summed E-state index contributed by atoms with van der Waals surface area (Å²) in [7, 11) is 4.01. The Kier molecular flexibility index (Phi) is 4.96. The van der Waals surface area contributed by atoms with Gasteiger partial charge in [0.25, 0.3) is 0 Å². The van der Waals surface area contributed by atoms with Gasteiger partial charge in [-0.2, -0.15) is 0 Å². The van der Waals surface area contributed by atoms with Gasteiger partial charge in [-0.1, -0.05) is 19.8 Å². The summed E-state index contributed by atoms with van der Waals surface area (Å²) in [5.74, 6) is 0.794. The van der Waals surface area contributed by atoms with Crippen molar-refractivity contribution in [3.63, 3.8) is 0 Å². The SMILES string of the molecule is CCCCCOc1cc(N(C)C)ccc1N. The van der Waals surface area contributed by atoms with Gasteiger partial charge in [-0.05, 0) is 18.6 Å². The molecule has 0 atom stereocenters. The molecule has 1 aromatic carbocycles. The Balaban J connectivity index is 2.60. The number of benzene rings is 1. The van der Waals surface area contributed by atoms with Gasteiger partial charge < -0.3 is 15.4 Å². The lowest BCUT2D eigenvalue weighted by atomic mass is 10.2. The van der Waals surface area contributed by atoms with E-state index in [0.717, 1.165) is 24.5 Å². The molecular weight excluding hydrogens is 200 g/mol. The average molecular weight is 222 g/mol. The lowest BCUT2D eigenvalue weighted by Crippen LogP contribution is -2.09. The van der Waals surface area contributed by atoms with Crippen LogP contribution in [0.15, 0.2) is 18.2 Å². The molecular formula is C13H22N2O. The lowest BCUT2D eigenvalue weighted by molar-refractivity contribution is 0.308. The van der Waals surface area contributed by atoms with Crippen LogP contribution in [0.25, 0.3) is 0 Å². The van der Waals surface area contributed by atoms with Crippen LogP contribution in [0, 0.1) is 0 Å². The monoisotopic (exact) mass is 222 g/mol. The zero-order chi connectivity index (χ0) is 12.0. The summed E-state index contributed by atoms with van der Waals surface area (Å²) in [5.41, 5.74) is 7.68. The third-order valence-electron chi connectivity index (χ3n) is 2.52. The van der Waals surface area contributed by atoms with Crippen LogP contribution in [0.4, 0.5) is 11.4 Å². The molecule has 3 heteroatoms. The molecule has 0 fully saturated rings. The molecule has 0 saturated heterocycles. The van der Waals surface area contributed by atoms with Gasteiger partial charge in [0.15, 0.2) is 0 Å². The van der Waals surface area contributed by atoms with Crippen molar-refractivity contribution in [2.45, 2.75) is 26.2 Å². The molecule has 3 nitrogen and oxygen atoms in total. The van der Waals surface area contributed by atoms with Gasteiger partial charge in [0.1, 0.15) is 5.75 Å². The Hall–Kier alpha value is -1.38. The van der Waals surface area contributed by atoms with E-state index in [1.807, 2.05) is 37.2 Å². The van der Waals surface area contributed by atoms with Crippen molar-refractivity contribution in [3.05, 3.63) is 18.2 Å². The third-order valence-corrected chi connectivity index (χ3v) is 2.52. The molecule has 0 heterocycles. The Morgan fingerprint density at radius 1 is 1.25 bits per heavy atom. The van der Waals surface area contributed by atoms with Crippen LogP contribution in [0.1, 0.15) is 26.2 Å². The summed E-state index contributed by atoms with van der Waals surface area (Å²) >= 11 is 0. The van der Waals surface area contributed by atoms with E-state index in [1.165, 1.54) is 12.8 Å². The Labute approximate surface area is 98.2 Å². The van der Waals surface area contributed by atoms with E-state index in [1.54, 1.807) is 0 Å². The second kappa shape index (κ2) is 6.26. The van der Waals surface area contributed by atoms with Crippen LogP contribution < -0.4 is 15.4 Å². The van der Waals surface area contributed by atoms with Gasteiger partial charge in [0, 0.05) is 25.8 Å². The Bertz CT molecular complexity index is 324. The Morgan fingerprint density at radius 3 is 2.62 bits per heavy atom. The molecule has 0 aliphatic heterocycles. The van der Waals surface area contributed by atoms with E-state index in [2.05, 4.69) is 6.92 Å². The van der Waals surface area contributed by atoms with E-state index >= 15 is 0 Å². The fourth-order valence-corrected chi connectivity index (χ4v) is 1.46. The van der Waals surface area contributed by atoms with Crippen molar-refractivity contribution in [1.29, 1.82) is 0 Å². The number of nitrogen functional groups attached to an aromatic ring is 1. The number of unbranched alkanes of at least 4 members (excludes halogenated alkanes) is 2. The van der Waals surface area contributed by atoms with Gasteiger partial charge in [0.2, 0.25) is 0 Å². The summed E-state index contributed by atoms with van der Waals surface area (Å²) < 4.78 is 5.68. The molecule has 90 valence electrons. The second-order valence-electron chi connectivity index (χ2n) is 4.17. The molecule has 0 unspecified atom stereocenters. The Morgan fingerprint density at radius 2 is 2.00 bits per heavy atom. The quantitative estimate of drug-likeness (QED) is 0.594. The average Bonchev–Trinajstić information content (AvgIpc) is 2.26. The molecule has 0 radical (unpaired) electrons. The maximum absolute atomic E-state index is 5.86. The van der Waals surface area contributed by atoms with Crippen molar-refractivity contribution in [1.82, 2.24) is 0 Å². The first-order chi connectivity index (χ1) is 7.65. The van der Waals surface area contributed by atoms with Crippen LogP contribution in [-0.4, -0.2) is 20.7 Å². The molecule has 0 aliphatic carbocycles. The van der Waals surface area contributed by atoms with Crippen LogP contribution in [0.2, 0.25) is 0 Å². The van der Waals surface area contributed by atoms with Gasteiger partial charge in [0.05, 0.1) is 12.3 Å². The summed E-state index contributed by atoms with van der Waals surface area (Å²) in [6.07, 6.45) is 3.49. The number of hydrogen-bond donors (Lipinski definition) is 1. The predicted octanol–water partition coefficient (Wildman–Crippen LogP) is 2.90. The van der Waals surface area contributed by atoms with E-state index in [4.69, 9.17) is 10.5 Å². The van der Waals surface area contributed by atoms with Gasteiger partial charge in [-0.3, -0.25) is 0 Å². The largest absolute Gasteiger partial charge is 0.491 e. The standard InChI is InChI=1S/C13H22N2O/c1-4-5-6-9-16-13-10-11(15(2)3)7-8-12(13)14/h7-8,10H,4-6,9,14H2,1-3H3. The minimum atomic E-state index is 0.710. The first kappa shape index (κ1) is 12.7. The number of nitrogens with two attached hydrogens (primary N) is 1. The van der Waals surface area contributed by atoms with Crippen molar-refractivity contribution in [2.75, 3.05) is 31.3 Å². The predicted molar refractivity (Wildman–Crippen MR) is 70.2 cm³/mol. The molecule has 1 rings (SSSR count). The topological polar surface area (TPSA) is 38.5 Å². The zero-order valence-electron chi connectivity index (χ0n) is 10.5. The second-order valence-corrected chi connectivity index (χ2v) is 4.17. The number of nitrogens with zero attached hydrogens (tertiary/aromatic N) is 1. The lowest BCUT2D eigenvalue weighted by Gasteiger charge is -2.15. The summed E-state index contributed by atoms with van der Waals surface area (Å²) in [5, 5.41) is 0. The van der Waals surface area contributed by atoms with Crippen LogP contribution in [-0.2, 0) is 0 Å². The molecule has 0 bridgehead atoms. The first-order valence-corrected chi connectivity index (χ1v) is 5.84. The summed E-state index contributed by atoms with van der Waals surface area (Å²) in [4.78, 5) is 2.04. The number of anilines is 2. The van der Waals surface area contributed by atoms with E-state index in [-0.39, 0.29) is 0 Å². The fourth-order valence-electron chi connectivity index (χ4n) is 1.46. The smallest absolute Gasteiger partial charge is 0.144 e. The number of hydrogen-bond acceptors (Lipinski definition) is 3. The molecule has 2 N–H and O–H groups in total. The maximum atomic E-state index is 5.86. The first-order valence-electron chi connectivity index (χ1n) is 5.84. The minimum absolute atomic E-state index is 0.710. The van der Waals surface area contributed by atoms with Crippen molar-refractivity contribution >= 4 is 11.4 Å². The highest BCUT2D eigenvalue weighted by Gasteiger charge is 2.03. The highest BCUT2D eigenvalue weighted by molar-refractivity contribution is 5.61. The summed E-state index contributed by atoms with van der Waals surface area (Å²) in [6, 6.07) is 5.88. The molecule has 0 spiro atoms. The van der Waals surface area contributed by atoms with Crippen molar-refractivity contribution in [3.8, 4) is 5.75 Å². The molecule has 1 aromatic rings. The van der Waals surface area contributed by atoms with E-state index in [9.17, 15) is 0 Å². The van der Waals surface area contributed by atoms with Gasteiger partial charge >= 0.3 is 0 Å². The molecule has 0 saturated carbocycles. The molecule has 0 aromatic heterocycles. The van der Waals surface area contributed by atoms with Crippen LogP contribution >= 0.6 is 0 Å². The third kappa shape index (κ3) is 3.65. The normalized spacial score (nSPS) is 10.2. The van der Waals surface area contributed by atoms with E-state index in [0.29, 0.717) is 5.69 Å². The molecule has 16 heavy (non-hydrogen) atoms. The van der Waals surface area contributed by atoms with Gasteiger partial charge in [-0.15, -0.1) is 0 Å². The van der Waals surface area contributed by atoms with Gasteiger partial charge in [-0.25, -0.2) is 0 Å². The number of rotatable bonds is 6. The van der Waals surface area contributed by atoms with Crippen LogP contribution in [0.3, 0.4) is 0 Å². The number of ether oxygens (including phenoxy) is 1.